The third-order valence-corrected chi connectivity index (χ3v) is 3.90. The van der Waals surface area contributed by atoms with E-state index in [0.717, 1.165) is 31.9 Å². The number of hydrogen-bond donors (Lipinski definition) is 2. The van der Waals surface area contributed by atoms with Gasteiger partial charge in [0.05, 0.1) is 7.11 Å². The maximum absolute atomic E-state index is 5.89. The predicted octanol–water partition coefficient (Wildman–Crippen LogP) is 2.70. The summed E-state index contributed by atoms with van der Waals surface area (Å²) >= 11 is 0. The Kier molecular flexibility index (Phi) is 8.51. The van der Waals surface area contributed by atoms with Crippen LogP contribution in [0.5, 0.6) is 5.75 Å². The summed E-state index contributed by atoms with van der Waals surface area (Å²) in [7, 11) is 1.70. The van der Waals surface area contributed by atoms with Crippen molar-refractivity contribution in [3.8, 4) is 5.75 Å². The summed E-state index contributed by atoms with van der Waals surface area (Å²) in [5.74, 6) is 2.60. The number of guanidine groups is 1. The predicted molar refractivity (Wildman–Crippen MR) is 108 cm³/mol. The molecule has 23 heavy (non-hydrogen) atoms. The molecule has 0 radical (unpaired) electrons. The molecule has 2 rings (SSSR count). The third kappa shape index (κ3) is 6.45. The van der Waals surface area contributed by atoms with Crippen molar-refractivity contribution >= 4 is 35.6 Å². The second kappa shape index (κ2) is 9.85. The molecule has 1 heterocycles. The lowest BCUT2D eigenvalue weighted by Gasteiger charge is -2.19. The van der Waals surface area contributed by atoms with Crippen LogP contribution in [0, 0.1) is 11.8 Å². The Hall–Kier alpha value is -1.18. The van der Waals surface area contributed by atoms with E-state index in [1.807, 2.05) is 12.1 Å². The lowest BCUT2D eigenvalue weighted by Crippen LogP contribution is -2.36. The molecule has 0 bridgehead atoms. The van der Waals surface area contributed by atoms with Gasteiger partial charge in [0, 0.05) is 37.9 Å². The molecule has 5 nitrogen and oxygen atoms in total. The number of rotatable bonds is 6. The van der Waals surface area contributed by atoms with Crippen molar-refractivity contribution in [2.45, 2.75) is 20.3 Å². The summed E-state index contributed by atoms with van der Waals surface area (Å²) in [6, 6.07) is 8.24. The SMILES string of the molecule is COc1cccc(N2CCC(CNC(N)=NCC(C)C)C2)c1.I. The van der Waals surface area contributed by atoms with Crippen molar-refractivity contribution in [3.05, 3.63) is 24.3 Å². The second-order valence-electron chi connectivity index (χ2n) is 6.30. The molecule has 1 saturated heterocycles. The Balaban J connectivity index is 0.00000264. The van der Waals surface area contributed by atoms with Crippen molar-refractivity contribution in [2.24, 2.45) is 22.6 Å². The highest BCUT2D eigenvalue weighted by Gasteiger charge is 2.22. The normalized spacial score (nSPS) is 18.0. The molecule has 1 aromatic rings. The number of nitrogens with one attached hydrogen (secondary N) is 1. The number of nitrogens with two attached hydrogens (primary N) is 1. The van der Waals surface area contributed by atoms with Crippen LogP contribution >= 0.6 is 24.0 Å². The van der Waals surface area contributed by atoms with Crippen LogP contribution in [-0.2, 0) is 0 Å². The third-order valence-electron chi connectivity index (χ3n) is 3.90. The minimum Gasteiger partial charge on any atom is -0.497 e. The van der Waals surface area contributed by atoms with E-state index in [2.05, 4.69) is 41.2 Å². The molecule has 1 aliphatic heterocycles. The zero-order valence-electron chi connectivity index (χ0n) is 14.3. The van der Waals surface area contributed by atoms with E-state index < -0.39 is 0 Å². The van der Waals surface area contributed by atoms with Gasteiger partial charge in [-0.25, -0.2) is 0 Å². The van der Waals surface area contributed by atoms with E-state index in [9.17, 15) is 0 Å². The number of ether oxygens (including phenoxy) is 1. The van der Waals surface area contributed by atoms with Crippen molar-refractivity contribution < 1.29 is 4.74 Å². The first-order valence-electron chi connectivity index (χ1n) is 8.01. The second-order valence-corrected chi connectivity index (χ2v) is 6.30. The number of aliphatic imine (C=N–C) groups is 1. The van der Waals surface area contributed by atoms with Crippen molar-refractivity contribution in [3.63, 3.8) is 0 Å². The van der Waals surface area contributed by atoms with E-state index in [4.69, 9.17) is 10.5 Å². The summed E-state index contributed by atoms with van der Waals surface area (Å²) in [5, 5.41) is 3.25. The van der Waals surface area contributed by atoms with E-state index in [-0.39, 0.29) is 24.0 Å². The molecule has 0 amide bonds. The largest absolute Gasteiger partial charge is 0.497 e. The molecule has 1 atom stereocenters. The first kappa shape index (κ1) is 19.9. The summed E-state index contributed by atoms with van der Waals surface area (Å²) in [4.78, 5) is 6.74. The molecule has 0 saturated carbocycles. The number of anilines is 1. The average Bonchev–Trinajstić information content (AvgIpc) is 3.00. The molecular formula is C17H29IN4O. The lowest BCUT2D eigenvalue weighted by atomic mass is 10.1. The molecule has 1 aliphatic rings. The van der Waals surface area contributed by atoms with Crippen LogP contribution in [0.25, 0.3) is 0 Å². The summed E-state index contributed by atoms with van der Waals surface area (Å²) in [5.41, 5.74) is 7.12. The molecule has 1 aromatic carbocycles. The van der Waals surface area contributed by atoms with Crippen LogP contribution in [0.4, 0.5) is 5.69 Å². The summed E-state index contributed by atoms with van der Waals surface area (Å²) in [6.45, 7) is 8.05. The highest BCUT2D eigenvalue weighted by atomic mass is 127. The summed E-state index contributed by atoms with van der Waals surface area (Å²) < 4.78 is 5.30. The van der Waals surface area contributed by atoms with Gasteiger partial charge < -0.3 is 20.7 Å². The number of nitrogens with zero attached hydrogens (tertiary/aromatic N) is 2. The van der Waals surface area contributed by atoms with Crippen LogP contribution in [-0.4, -0.2) is 39.2 Å². The molecule has 1 fully saturated rings. The molecule has 1 unspecified atom stereocenters. The van der Waals surface area contributed by atoms with Gasteiger partial charge in [-0.2, -0.15) is 0 Å². The number of halogens is 1. The molecular weight excluding hydrogens is 403 g/mol. The average molecular weight is 432 g/mol. The van der Waals surface area contributed by atoms with Gasteiger partial charge in [0.2, 0.25) is 0 Å². The zero-order valence-corrected chi connectivity index (χ0v) is 16.6. The van der Waals surface area contributed by atoms with Gasteiger partial charge in [0.1, 0.15) is 5.75 Å². The fourth-order valence-electron chi connectivity index (χ4n) is 2.63. The van der Waals surface area contributed by atoms with Gasteiger partial charge in [-0.3, -0.25) is 4.99 Å². The van der Waals surface area contributed by atoms with Crippen LogP contribution in [0.15, 0.2) is 29.3 Å². The molecule has 0 spiro atoms. The van der Waals surface area contributed by atoms with Gasteiger partial charge in [-0.15, -0.1) is 24.0 Å². The van der Waals surface area contributed by atoms with E-state index in [1.54, 1.807) is 7.11 Å². The van der Waals surface area contributed by atoms with Crippen molar-refractivity contribution in [1.29, 1.82) is 0 Å². The Morgan fingerprint density at radius 1 is 1.48 bits per heavy atom. The first-order chi connectivity index (χ1) is 10.6. The number of hydrogen-bond acceptors (Lipinski definition) is 3. The van der Waals surface area contributed by atoms with E-state index >= 15 is 0 Å². The van der Waals surface area contributed by atoms with E-state index in [1.165, 1.54) is 12.1 Å². The Labute approximate surface area is 156 Å². The molecule has 3 N–H and O–H groups in total. The summed E-state index contributed by atoms with van der Waals surface area (Å²) in [6.07, 6.45) is 1.17. The first-order valence-corrected chi connectivity index (χ1v) is 8.01. The zero-order chi connectivity index (χ0) is 15.9. The quantitative estimate of drug-likeness (QED) is 0.412. The maximum Gasteiger partial charge on any atom is 0.188 e. The van der Waals surface area contributed by atoms with Crippen LogP contribution in [0.3, 0.4) is 0 Å². The maximum atomic E-state index is 5.89. The number of methoxy groups -OCH3 is 1. The van der Waals surface area contributed by atoms with Crippen LogP contribution in [0.1, 0.15) is 20.3 Å². The van der Waals surface area contributed by atoms with Crippen molar-refractivity contribution in [2.75, 3.05) is 38.2 Å². The minimum absolute atomic E-state index is 0. The van der Waals surface area contributed by atoms with Gasteiger partial charge in [-0.05, 0) is 30.4 Å². The molecule has 0 aliphatic carbocycles. The molecule has 130 valence electrons. The van der Waals surface area contributed by atoms with Crippen LogP contribution in [0.2, 0.25) is 0 Å². The Morgan fingerprint density at radius 3 is 2.96 bits per heavy atom. The van der Waals surface area contributed by atoms with Crippen LogP contribution < -0.4 is 20.7 Å². The van der Waals surface area contributed by atoms with Gasteiger partial charge >= 0.3 is 0 Å². The van der Waals surface area contributed by atoms with Crippen molar-refractivity contribution in [1.82, 2.24) is 5.32 Å². The minimum atomic E-state index is 0. The highest BCUT2D eigenvalue weighted by molar-refractivity contribution is 14.0. The lowest BCUT2D eigenvalue weighted by molar-refractivity contribution is 0.415. The Morgan fingerprint density at radius 2 is 2.26 bits per heavy atom. The smallest absolute Gasteiger partial charge is 0.188 e. The fourth-order valence-corrected chi connectivity index (χ4v) is 2.63. The monoisotopic (exact) mass is 432 g/mol. The van der Waals surface area contributed by atoms with Gasteiger partial charge in [-0.1, -0.05) is 19.9 Å². The van der Waals surface area contributed by atoms with Gasteiger partial charge in [0.25, 0.3) is 0 Å². The molecule has 0 aromatic heterocycles. The van der Waals surface area contributed by atoms with E-state index in [0.29, 0.717) is 17.8 Å². The fraction of sp³-hybridized carbons (Fsp3) is 0.588. The molecule has 6 heteroatoms. The standard InChI is InChI=1S/C17H28N4O.HI/c1-13(2)10-19-17(18)20-11-14-7-8-21(12-14)15-5-4-6-16(9-15)22-3;/h4-6,9,13-14H,7-8,10-12H2,1-3H3,(H3,18,19,20);1H. The van der Waals surface area contributed by atoms with Gasteiger partial charge in [0.15, 0.2) is 5.96 Å². The Bertz CT molecular complexity index is 507. The number of benzene rings is 1. The highest BCUT2D eigenvalue weighted by Crippen LogP contribution is 2.26. The topological polar surface area (TPSA) is 62.9 Å².